The average molecular weight is 371 g/mol. The smallest absolute Gasteiger partial charge is 0.407 e. The number of cyclic esters (lactones) is 1. The lowest BCUT2D eigenvalue weighted by atomic mass is 10.0. The summed E-state index contributed by atoms with van der Waals surface area (Å²) in [5, 5.41) is 2.79. The van der Waals surface area contributed by atoms with Crippen LogP contribution in [0.15, 0.2) is 27.1 Å². The van der Waals surface area contributed by atoms with Crippen LogP contribution in [0.2, 0.25) is 0 Å². The summed E-state index contributed by atoms with van der Waals surface area (Å²) < 4.78 is 6.82. The predicted octanol–water partition coefficient (Wildman–Crippen LogP) is 3.80. The van der Waals surface area contributed by atoms with Crippen LogP contribution < -0.4 is 5.32 Å². The largest absolute Gasteiger partial charge is 0.449 e. The van der Waals surface area contributed by atoms with Crippen LogP contribution in [0.4, 0.5) is 4.79 Å². The van der Waals surface area contributed by atoms with E-state index in [0.29, 0.717) is 6.61 Å². The maximum atomic E-state index is 11.1. The molecule has 1 aliphatic rings. The fourth-order valence-electron chi connectivity index (χ4n) is 1.54. The molecule has 1 aliphatic heterocycles. The van der Waals surface area contributed by atoms with Crippen LogP contribution in [0.1, 0.15) is 18.0 Å². The Balaban J connectivity index is 0.00000128. The van der Waals surface area contributed by atoms with Gasteiger partial charge in [0.25, 0.3) is 0 Å². The van der Waals surface area contributed by atoms with Crippen LogP contribution in [0.3, 0.4) is 0 Å². The molecule has 3 nitrogen and oxygen atoms in total. The van der Waals surface area contributed by atoms with E-state index in [4.69, 9.17) is 4.74 Å². The molecule has 0 unspecified atom stereocenters. The number of alkyl carbamates (subject to hydrolysis) is 1. The third-order valence-electron chi connectivity index (χ3n) is 2.27. The Morgan fingerprint density at radius 2 is 2.12 bits per heavy atom. The van der Waals surface area contributed by atoms with Gasteiger partial charge in [0.1, 0.15) is 0 Å². The van der Waals surface area contributed by atoms with Crippen molar-refractivity contribution in [2.45, 2.75) is 12.5 Å². The van der Waals surface area contributed by atoms with Crippen molar-refractivity contribution in [3.8, 4) is 0 Å². The number of hydrogen-bond donors (Lipinski definition) is 1. The summed E-state index contributed by atoms with van der Waals surface area (Å²) in [7, 11) is 0. The van der Waals surface area contributed by atoms with E-state index < -0.39 is 0 Å². The zero-order valence-corrected chi connectivity index (χ0v) is 12.2. The van der Waals surface area contributed by atoms with Gasteiger partial charge in [0.05, 0.1) is 12.6 Å². The molecule has 0 spiro atoms. The van der Waals surface area contributed by atoms with E-state index in [1.807, 2.05) is 18.2 Å². The highest BCUT2D eigenvalue weighted by Crippen LogP contribution is 2.29. The van der Waals surface area contributed by atoms with Gasteiger partial charge < -0.3 is 10.1 Å². The molecule has 1 saturated heterocycles. The molecule has 2 rings (SSSR count). The summed E-state index contributed by atoms with van der Waals surface area (Å²) in [6.45, 7) is 0.468. The number of carbonyl (C=O) groups is 1. The summed E-state index contributed by atoms with van der Waals surface area (Å²) in [6, 6.07) is 5.94. The van der Waals surface area contributed by atoms with Gasteiger partial charge in [-0.2, -0.15) is 0 Å². The quantitative estimate of drug-likeness (QED) is 0.815. The molecule has 1 fully saturated rings. The number of hydrogen-bond acceptors (Lipinski definition) is 2. The van der Waals surface area contributed by atoms with Crippen LogP contribution >= 0.6 is 44.3 Å². The Hall–Kier alpha value is -0.260. The number of amides is 1. The second-order valence-corrected chi connectivity index (χ2v) is 5.06. The monoisotopic (exact) mass is 369 g/mol. The fourth-order valence-corrected chi connectivity index (χ4v) is 2.44. The molecule has 0 aromatic heterocycles. The van der Waals surface area contributed by atoms with Crippen molar-refractivity contribution >= 4 is 50.4 Å². The maximum Gasteiger partial charge on any atom is 0.407 e. The van der Waals surface area contributed by atoms with Gasteiger partial charge in [-0.3, -0.25) is 0 Å². The van der Waals surface area contributed by atoms with Crippen molar-refractivity contribution in [3.63, 3.8) is 0 Å². The van der Waals surface area contributed by atoms with Gasteiger partial charge in [0.2, 0.25) is 0 Å². The topological polar surface area (TPSA) is 38.3 Å². The minimum Gasteiger partial charge on any atom is -0.449 e. The number of ether oxygens (including phenoxy) is 1. The second-order valence-electron chi connectivity index (χ2n) is 3.29. The zero-order chi connectivity index (χ0) is 10.8. The Labute approximate surface area is 117 Å². The van der Waals surface area contributed by atoms with E-state index in [9.17, 15) is 4.79 Å². The van der Waals surface area contributed by atoms with E-state index in [-0.39, 0.29) is 24.5 Å². The van der Waals surface area contributed by atoms with Crippen molar-refractivity contribution in [2.75, 3.05) is 6.61 Å². The summed E-state index contributed by atoms with van der Waals surface area (Å²) in [6.07, 6.45) is 0.443. The van der Waals surface area contributed by atoms with Crippen LogP contribution in [0.5, 0.6) is 0 Å². The molecule has 0 bridgehead atoms. The SMILES string of the molecule is Cl.O=C1N[C@H](c2cc(Br)ccc2Br)CCO1. The molecule has 0 aliphatic carbocycles. The Kier molecular flexibility index (Phi) is 5.08. The van der Waals surface area contributed by atoms with E-state index in [0.717, 1.165) is 20.9 Å². The highest BCUT2D eigenvalue weighted by Gasteiger charge is 2.22. The van der Waals surface area contributed by atoms with Crippen molar-refractivity contribution < 1.29 is 9.53 Å². The number of carbonyl (C=O) groups excluding carboxylic acids is 1. The van der Waals surface area contributed by atoms with Crippen LogP contribution in [-0.4, -0.2) is 12.7 Å². The highest BCUT2D eigenvalue weighted by molar-refractivity contribution is 9.11. The third kappa shape index (κ3) is 3.12. The fraction of sp³-hybridized carbons (Fsp3) is 0.300. The molecule has 0 saturated carbocycles. The molecular formula is C10H10Br2ClNO2. The zero-order valence-electron chi connectivity index (χ0n) is 8.20. The molecule has 6 heteroatoms. The number of nitrogens with one attached hydrogen (secondary N) is 1. The Morgan fingerprint density at radius 3 is 2.81 bits per heavy atom. The van der Waals surface area contributed by atoms with Gasteiger partial charge in [0.15, 0.2) is 0 Å². The lowest BCUT2D eigenvalue weighted by molar-refractivity contribution is 0.115. The van der Waals surface area contributed by atoms with E-state index in [1.165, 1.54) is 0 Å². The molecule has 1 heterocycles. The highest BCUT2D eigenvalue weighted by atomic mass is 79.9. The molecule has 88 valence electrons. The number of benzene rings is 1. The lowest BCUT2D eigenvalue weighted by Crippen LogP contribution is -2.35. The number of rotatable bonds is 1. The first-order chi connectivity index (χ1) is 7.16. The normalized spacial score (nSPS) is 19.4. The molecule has 16 heavy (non-hydrogen) atoms. The van der Waals surface area contributed by atoms with Gasteiger partial charge in [-0.05, 0) is 23.8 Å². The average Bonchev–Trinajstić information content (AvgIpc) is 2.22. The molecule has 0 radical (unpaired) electrons. The molecule has 1 N–H and O–H groups in total. The van der Waals surface area contributed by atoms with Crippen molar-refractivity contribution in [2.24, 2.45) is 0 Å². The van der Waals surface area contributed by atoms with Crippen molar-refractivity contribution in [3.05, 3.63) is 32.7 Å². The van der Waals surface area contributed by atoms with E-state index in [1.54, 1.807) is 0 Å². The summed E-state index contributed by atoms with van der Waals surface area (Å²) in [5.41, 5.74) is 1.07. The van der Waals surface area contributed by atoms with E-state index in [2.05, 4.69) is 37.2 Å². The molecule has 1 aromatic carbocycles. The molecule has 1 atom stereocenters. The Bertz CT molecular complexity index is 400. The predicted molar refractivity (Wildman–Crippen MR) is 70.9 cm³/mol. The van der Waals surface area contributed by atoms with Gasteiger partial charge in [-0.15, -0.1) is 12.4 Å². The van der Waals surface area contributed by atoms with Crippen LogP contribution in [0.25, 0.3) is 0 Å². The molecule has 1 aromatic rings. The lowest BCUT2D eigenvalue weighted by Gasteiger charge is -2.24. The molecular weight excluding hydrogens is 361 g/mol. The van der Waals surface area contributed by atoms with Crippen molar-refractivity contribution in [1.82, 2.24) is 5.32 Å². The van der Waals surface area contributed by atoms with Gasteiger partial charge in [0, 0.05) is 15.4 Å². The van der Waals surface area contributed by atoms with Gasteiger partial charge in [-0.1, -0.05) is 31.9 Å². The third-order valence-corrected chi connectivity index (χ3v) is 3.48. The number of halogens is 3. The van der Waals surface area contributed by atoms with Crippen LogP contribution in [0, 0.1) is 0 Å². The first kappa shape index (κ1) is 13.8. The first-order valence-electron chi connectivity index (χ1n) is 4.55. The van der Waals surface area contributed by atoms with E-state index >= 15 is 0 Å². The van der Waals surface area contributed by atoms with Gasteiger partial charge >= 0.3 is 6.09 Å². The second kappa shape index (κ2) is 5.89. The first-order valence-corrected chi connectivity index (χ1v) is 6.13. The van der Waals surface area contributed by atoms with Gasteiger partial charge in [-0.25, -0.2) is 4.79 Å². The van der Waals surface area contributed by atoms with Crippen LogP contribution in [-0.2, 0) is 4.74 Å². The summed E-state index contributed by atoms with van der Waals surface area (Å²) >= 11 is 6.89. The molecule has 1 amide bonds. The Morgan fingerprint density at radius 1 is 1.38 bits per heavy atom. The summed E-state index contributed by atoms with van der Waals surface area (Å²) in [5.74, 6) is 0. The minimum absolute atomic E-state index is 0. The minimum atomic E-state index is -0.349. The summed E-state index contributed by atoms with van der Waals surface area (Å²) in [4.78, 5) is 11.1. The maximum absolute atomic E-state index is 11.1. The standard InChI is InChI=1S/C10H9Br2NO2.ClH/c11-6-1-2-8(12)7(5-6)9-3-4-15-10(14)13-9;/h1-2,5,9H,3-4H2,(H,13,14);1H/t9-;/m0./s1. The van der Waals surface area contributed by atoms with Crippen molar-refractivity contribution in [1.29, 1.82) is 0 Å².